The van der Waals surface area contributed by atoms with E-state index < -0.39 is 23.8 Å². The number of guanidine groups is 1. The number of aryl methyl sites for hydroxylation is 1. The molecule has 12 heteroatoms. The number of nitrogens with two attached hydrogens (primary N) is 1. The van der Waals surface area contributed by atoms with Crippen LogP contribution >= 0.6 is 23.1 Å². The standard InChI is InChI=1S/C18H17N5O5S2/c1-8-12(15(26)27)30-18(20-8)23-17(19)22-14(25)10-4-2-9(3-5-10)13(24)21-11-6-7-29-16(11)28/h2-5,11H,6-7H2,1H3,(H,21,24)(H,26,27)(H3,19,20,22,23,25). The Balaban J connectivity index is 1.62. The summed E-state index contributed by atoms with van der Waals surface area (Å²) in [6, 6.07) is 5.33. The number of hydrogen-bond donors (Lipinski definition) is 4. The van der Waals surface area contributed by atoms with E-state index in [0.29, 0.717) is 23.4 Å². The largest absolute Gasteiger partial charge is 0.477 e. The van der Waals surface area contributed by atoms with E-state index in [-0.39, 0.29) is 26.6 Å². The van der Waals surface area contributed by atoms with Crippen LogP contribution in [0.25, 0.3) is 0 Å². The molecule has 0 saturated carbocycles. The van der Waals surface area contributed by atoms with Crippen molar-refractivity contribution in [1.82, 2.24) is 15.6 Å². The van der Waals surface area contributed by atoms with Crippen LogP contribution in [0.4, 0.5) is 5.13 Å². The second-order valence-electron chi connectivity index (χ2n) is 6.23. The number of nitrogens with one attached hydrogen (secondary N) is 2. The first-order valence-electron chi connectivity index (χ1n) is 8.68. The Kier molecular flexibility index (Phi) is 6.47. The van der Waals surface area contributed by atoms with Crippen molar-refractivity contribution in [2.24, 2.45) is 10.7 Å². The van der Waals surface area contributed by atoms with E-state index in [2.05, 4.69) is 20.6 Å². The maximum Gasteiger partial charge on any atom is 0.347 e. The van der Waals surface area contributed by atoms with Gasteiger partial charge in [0.2, 0.25) is 16.2 Å². The number of thiazole rings is 1. The molecule has 1 aliphatic rings. The van der Waals surface area contributed by atoms with Crippen LogP contribution in [0.1, 0.15) is 42.5 Å². The number of carboxylic acid groups (broad SMARTS) is 1. The summed E-state index contributed by atoms with van der Waals surface area (Å²) >= 11 is 2.03. The van der Waals surface area contributed by atoms with Crippen molar-refractivity contribution in [2.75, 3.05) is 5.75 Å². The Bertz CT molecular complexity index is 1050. The predicted octanol–water partition coefficient (Wildman–Crippen LogP) is 1.29. The number of carboxylic acids is 1. The summed E-state index contributed by atoms with van der Waals surface area (Å²) in [5, 5.41) is 14.1. The quantitative estimate of drug-likeness (QED) is 0.393. The molecule has 1 fully saturated rings. The minimum absolute atomic E-state index is 0.0413. The summed E-state index contributed by atoms with van der Waals surface area (Å²) in [5.41, 5.74) is 6.56. The van der Waals surface area contributed by atoms with Crippen molar-refractivity contribution in [3.05, 3.63) is 46.0 Å². The average molecular weight is 447 g/mol. The zero-order chi connectivity index (χ0) is 21.8. The molecule has 1 atom stereocenters. The highest BCUT2D eigenvalue weighted by molar-refractivity contribution is 8.14. The van der Waals surface area contributed by atoms with E-state index in [4.69, 9.17) is 10.8 Å². The highest BCUT2D eigenvalue weighted by atomic mass is 32.2. The molecule has 2 heterocycles. The molecular formula is C18H17N5O5S2. The monoisotopic (exact) mass is 447 g/mol. The molecule has 30 heavy (non-hydrogen) atoms. The van der Waals surface area contributed by atoms with Crippen molar-refractivity contribution >= 4 is 57.1 Å². The Morgan fingerprint density at radius 3 is 2.37 bits per heavy atom. The maximum absolute atomic E-state index is 12.3. The SMILES string of the molecule is Cc1nc(/N=C(\N)NC(=O)c2ccc(C(=O)NC3CCSC3=O)cc2)sc1C(=O)O. The second kappa shape index (κ2) is 9.05. The van der Waals surface area contributed by atoms with Gasteiger partial charge in [-0.1, -0.05) is 23.1 Å². The molecule has 0 spiro atoms. The number of aromatic nitrogens is 1. The third-order valence-corrected chi connectivity index (χ3v) is 6.14. The van der Waals surface area contributed by atoms with Gasteiger partial charge in [-0.25, -0.2) is 9.78 Å². The molecule has 0 bridgehead atoms. The van der Waals surface area contributed by atoms with Gasteiger partial charge in [0.25, 0.3) is 11.8 Å². The number of thioether (sulfide) groups is 1. The Morgan fingerprint density at radius 2 is 1.83 bits per heavy atom. The number of rotatable bonds is 5. The molecule has 1 aliphatic heterocycles. The number of aromatic carboxylic acids is 1. The van der Waals surface area contributed by atoms with Gasteiger partial charge in [-0.05, 0) is 37.6 Å². The summed E-state index contributed by atoms with van der Waals surface area (Å²) in [7, 11) is 0. The molecule has 3 rings (SSSR count). The molecular weight excluding hydrogens is 430 g/mol. The van der Waals surface area contributed by atoms with E-state index in [0.717, 1.165) is 11.3 Å². The van der Waals surface area contributed by atoms with E-state index >= 15 is 0 Å². The first-order chi connectivity index (χ1) is 14.2. The Labute approximate surface area is 179 Å². The molecule has 156 valence electrons. The highest BCUT2D eigenvalue weighted by Gasteiger charge is 2.27. The van der Waals surface area contributed by atoms with Crippen LogP contribution in [-0.2, 0) is 4.79 Å². The minimum Gasteiger partial charge on any atom is -0.477 e. The molecule has 5 N–H and O–H groups in total. The van der Waals surface area contributed by atoms with Crippen LogP contribution in [0.3, 0.4) is 0 Å². The maximum atomic E-state index is 12.3. The fourth-order valence-electron chi connectivity index (χ4n) is 2.59. The van der Waals surface area contributed by atoms with Crippen LogP contribution in [0.15, 0.2) is 29.3 Å². The van der Waals surface area contributed by atoms with Gasteiger partial charge in [-0.3, -0.25) is 19.7 Å². The van der Waals surface area contributed by atoms with Crippen molar-refractivity contribution in [1.29, 1.82) is 0 Å². The molecule has 2 aromatic rings. The number of aliphatic imine (C=N–C) groups is 1. The number of benzene rings is 1. The third-order valence-electron chi connectivity index (χ3n) is 4.09. The lowest BCUT2D eigenvalue weighted by atomic mass is 10.1. The summed E-state index contributed by atoms with van der Waals surface area (Å²) in [6.45, 7) is 1.53. The molecule has 1 saturated heterocycles. The number of carbonyl (C=O) groups is 4. The third kappa shape index (κ3) is 5.02. The summed E-state index contributed by atoms with van der Waals surface area (Å²) in [5.74, 6) is -1.63. The van der Waals surface area contributed by atoms with E-state index in [1.165, 1.54) is 43.0 Å². The van der Waals surface area contributed by atoms with Crippen LogP contribution < -0.4 is 16.4 Å². The molecule has 0 radical (unpaired) electrons. The van der Waals surface area contributed by atoms with Crippen LogP contribution in [0, 0.1) is 6.92 Å². The Morgan fingerprint density at radius 1 is 1.20 bits per heavy atom. The van der Waals surface area contributed by atoms with Crippen LogP contribution in [0.2, 0.25) is 0 Å². The zero-order valence-electron chi connectivity index (χ0n) is 15.7. The van der Waals surface area contributed by atoms with Crippen LogP contribution in [0.5, 0.6) is 0 Å². The lowest BCUT2D eigenvalue weighted by molar-refractivity contribution is -0.112. The number of hydrogen-bond acceptors (Lipinski definition) is 8. The highest BCUT2D eigenvalue weighted by Crippen LogP contribution is 2.24. The van der Waals surface area contributed by atoms with Crippen molar-refractivity contribution in [3.63, 3.8) is 0 Å². The first-order valence-corrected chi connectivity index (χ1v) is 10.5. The molecule has 1 aromatic heterocycles. The van der Waals surface area contributed by atoms with Gasteiger partial charge in [0.05, 0.1) is 11.7 Å². The fourth-order valence-corrected chi connectivity index (χ4v) is 4.31. The lowest BCUT2D eigenvalue weighted by Gasteiger charge is -2.10. The van der Waals surface area contributed by atoms with Gasteiger partial charge in [-0.2, -0.15) is 4.99 Å². The van der Waals surface area contributed by atoms with Gasteiger partial charge in [-0.15, -0.1) is 0 Å². The molecule has 1 aromatic carbocycles. The minimum atomic E-state index is -1.12. The predicted molar refractivity (Wildman–Crippen MR) is 112 cm³/mol. The van der Waals surface area contributed by atoms with Crippen molar-refractivity contribution < 1.29 is 24.3 Å². The van der Waals surface area contributed by atoms with E-state index in [9.17, 15) is 19.2 Å². The van der Waals surface area contributed by atoms with Gasteiger partial charge >= 0.3 is 5.97 Å². The fraction of sp³-hybridized carbons (Fsp3) is 0.222. The number of nitrogens with zero attached hydrogens (tertiary/aromatic N) is 2. The summed E-state index contributed by atoms with van der Waals surface area (Å²) in [4.78, 5) is 55.1. The second-order valence-corrected chi connectivity index (χ2v) is 8.30. The van der Waals surface area contributed by atoms with E-state index in [1.807, 2.05) is 0 Å². The Hall–Kier alpha value is -3.25. The number of carbonyl (C=O) groups excluding carboxylic acids is 3. The average Bonchev–Trinajstić information content (AvgIpc) is 3.26. The van der Waals surface area contributed by atoms with Gasteiger partial charge in [0.1, 0.15) is 4.88 Å². The molecule has 2 amide bonds. The van der Waals surface area contributed by atoms with Crippen molar-refractivity contribution in [2.45, 2.75) is 19.4 Å². The molecule has 10 nitrogen and oxygen atoms in total. The number of amides is 2. The lowest BCUT2D eigenvalue weighted by Crippen LogP contribution is -2.37. The summed E-state index contributed by atoms with van der Waals surface area (Å²) < 4.78 is 0. The van der Waals surface area contributed by atoms with E-state index in [1.54, 1.807) is 0 Å². The smallest absolute Gasteiger partial charge is 0.347 e. The van der Waals surface area contributed by atoms with Crippen LogP contribution in [-0.4, -0.2) is 50.7 Å². The molecule has 1 unspecified atom stereocenters. The van der Waals surface area contributed by atoms with Gasteiger partial charge in [0, 0.05) is 16.9 Å². The first kappa shape index (κ1) is 21.5. The van der Waals surface area contributed by atoms with Crippen molar-refractivity contribution in [3.8, 4) is 0 Å². The molecule has 0 aliphatic carbocycles. The van der Waals surface area contributed by atoms with Gasteiger partial charge < -0.3 is 16.2 Å². The van der Waals surface area contributed by atoms with Gasteiger partial charge in [0.15, 0.2) is 0 Å². The topological polar surface area (TPSA) is 164 Å². The summed E-state index contributed by atoms with van der Waals surface area (Å²) in [6.07, 6.45) is 0.598. The zero-order valence-corrected chi connectivity index (χ0v) is 17.3. The normalized spacial score (nSPS) is 16.4.